The van der Waals surface area contributed by atoms with Crippen LogP contribution in [-0.2, 0) is 6.42 Å². The summed E-state index contributed by atoms with van der Waals surface area (Å²) >= 11 is 5.85. The van der Waals surface area contributed by atoms with E-state index in [1.165, 1.54) is 12.1 Å². The SMILES string of the molecule is Cc1nc(Cl)c(C=O)c(NCCc2cc(F)cc(F)c2)n1. The number of rotatable bonds is 5. The number of carbonyl (C=O) groups is 1. The molecule has 0 unspecified atom stereocenters. The van der Waals surface area contributed by atoms with Gasteiger partial charge < -0.3 is 5.32 Å². The first-order chi connectivity index (χ1) is 9.99. The van der Waals surface area contributed by atoms with Crippen LogP contribution in [0.2, 0.25) is 5.15 Å². The fourth-order valence-corrected chi connectivity index (χ4v) is 2.12. The molecule has 0 bridgehead atoms. The molecule has 0 aliphatic carbocycles. The Kier molecular flexibility index (Phi) is 4.80. The Morgan fingerprint density at radius 3 is 2.52 bits per heavy atom. The van der Waals surface area contributed by atoms with Crippen molar-refractivity contribution in [2.24, 2.45) is 0 Å². The smallest absolute Gasteiger partial charge is 0.156 e. The topological polar surface area (TPSA) is 54.9 Å². The molecule has 1 aromatic heterocycles. The average molecular weight is 312 g/mol. The van der Waals surface area contributed by atoms with Gasteiger partial charge in [0.05, 0.1) is 5.56 Å². The maximum absolute atomic E-state index is 13.1. The molecule has 2 aromatic rings. The normalized spacial score (nSPS) is 10.5. The Hall–Kier alpha value is -2.08. The number of halogens is 3. The Balaban J connectivity index is 2.08. The van der Waals surface area contributed by atoms with Crippen molar-refractivity contribution >= 4 is 23.7 Å². The molecule has 1 N–H and O–H groups in total. The van der Waals surface area contributed by atoms with Crippen molar-refractivity contribution in [2.45, 2.75) is 13.3 Å². The maximum atomic E-state index is 13.1. The molecule has 0 saturated heterocycles. The van der Waals surface area contributed by atoms with E-state index in [-0.39, 0.29) is 10.7 Å². The van der Waals surface area contributed by atoms with Crippen LogP contribution in [0.1, 0.15) is 21.7 Å². The Morgan fingerprint density at radius 2 is 1.90 bits per heavy atom. The van der Waals surface area contributed by atoms with Crippen molar-refractivity contribution in [3.05, 3.63) is 51.9 Å². The van der Waals surface area contributed by atoms with E-state index in [1.54, 1.807) is 6.92 Å². The van der Waals surface area contributed by atoms with E-state index in [2.05, 4.69) is 15.3 Å². The summed E-state index contributed by atoms with van der Waals surface area (Å²) in [5, 5.41) is 2.99. The minimum absolute atomic E-state index is 0.0665. The number of hydrogen-bond donors (Lipinski definition) is 1. The van der Waals surface area contributed by atoms with E-state index in [4.69, 9.17) is 11.6 Å². The molecular formula is C14H12ClF2N3O. The Labute approximate surface area is 125 Å². The number of aromatic nitrogens is 2. The Bertz CT molecular complexity index is 659. The minimum atomic E-state index is -0.625. The van der Waals surface area contributed by atoms with Crippen molar-refractivity contribution in [1.29, 1.82) is 0 Å². The van der Waals surface area contributed by atoms with E-state index in [1.807, 2.05) is 0 Å². The van der Waals surface area contributed by atoms with E-state index in [0.29, 0.717) is 36.5 Å². The van der Waals surface area contributed by atoms with Gasteiger partial charge in [-0.3, -0.25) is 4.79 Å². The zero-order valence-corrected chi connectivity index (χ0v) is 11.9. The molecule has 4 nitrogen and oxygen atoms in total. The van der Waals surface area contributed by atoms with Crippen molar-refractivity contribution in [1.82, 2.24) is 9.97 Å². The van der Waals surface area contributed by atoms with Crippen LogP contribution in [0.3, 0.4) is 0 Å². The van der Waals surface area contributed by atoms with Gasteiger partial charge in [-0.2, -0.15) is 0 Å². The summed E-state index contributed by atoms with van der Waals surface area (Å²) in [6, 6.07) is 3.32. The van der Waals surface area contributed by atoms with Crippen LogP contribution in [0.5, 0.6) is 0 Å². The summed E-state index contributed by atoms with van der Waals surface area (Å²) in [6.07, 6.45) is 0.930. The summed E-state index contributed by atoms with van der Waals surface area (Å²) in [7, 11) is 0. The summed E-state index contributed by atoms with van der Waals surface area (Å²) in [6.45, 7) is 1.99. The molecule has 0 radical (unpaired) electrons. The van der Waals surface area contributed by atoms with Crippen LogP contribution in [0.4, 0.5) is 14.6 Å². The molecule has 2 rings (SSSR count). The molecule has 21 heavy (non-hydrogen) atoms. The third-order valence-corrected chi connectivity index (χ3v) is 3.05. The third-order valence-electron chi connectivity index (χ3n) is 2.76. The van der Waals surface area contributed by atoms with Gasteiger partial charge in [0.25, 0.3) is 0 Å². The van der Waals surface area contributed by atoms with Crippen molar-refractivity contribution in [2.75, 3.05) is 11.9 Å². The number of hydrogen-bond acceptors (Lipinski definition) is 4. The molecule has 0 amide bonds. The fraction of sp³-hybridized carbons (Fsp3) is 0.214. The molecule has 0 atom stereocenters. The molecule has 1 aromatic carbocycles. The molecular weight excluding hydrogens is 300 g/mol. The largest absolute Gasteiger partial charge is 0.369 e. The average Bonchev–Trinajstić information content (AvgIpc) is 2.37. The lowest BCUT2D eigenvalue weighted by molar-refractivity contribution is 0.112. The molecule has 7 heteroatoms. The van der Waals surface area contributed by atoms with Crippen LogP contribution < -0.4 is 5.32 Å². The second-order valence-corrected chi connectivity index (χ2v) is 4.75. The number of anilines is 1. The summed E-state index contributed by atoms with van der Waals surface area (Å²) in [5.41, 5.74) is 0.664. The van der Waals surface area contributed by atoms with Gasteiger partial charge in [0, 0.05) is 12.6 Å². The molecule has 0 saturated carbocycles. The van der Waals surface area contributed by atoms with Gasteiger partial charge in [0.15, 0.2) is 6.29 Å². The van der Waals surface area contributed by atoms with Gasteiger partial charge in [-0.1, -0.05) is 11.6 Å². The highest BCUT2D eigenvalue weighted by molar-refractivity contribution is 6.32. The predicted molar refractivity (Wildman–Crippen MR) is 75.7 cm³/mol. The first-order valence-corrected chi connectivity index (χ1v) is 6.55. The lowest BCUT2D eigenvalue weighted by atomic mass is 10.1. The number of aldehydes is 1. The molecule has 1 heterocycles. The number of nitrogens with zero attached hydrogens (tertiary/aromatic N) is 2. The lowest BCUT2D eigenvalue weighted by Gasteiger charge is -2.09. The van der Waals surface area contributed by atoms with Crippen LogP contribution in [0.15, 0.2) is 18.2 Å². The van der Waals surface area contributed by atoms with Gasteiger partial charge in [0.2, 0.25) is 0 Å². The quantitative estimate of drug-likeness (QED) is 0.680. The number of carbonyl (C=O) groups excluding carboxylic acids is 1. The second-order valence-electron chi connectivity index (χ2n) is 4.40. The van der Waals surface area contributed by atoms with Crippen molar-refractivity contribution in [3.63, 3.8) is 0 Å². The first-order valence-electron chi connectivity index (χ1n) is 6.17. The number of aryl methyl sites for hydroxylation is 1. The number of benzene rings is 1. The van der Waals surface area contributed by atoms with Gasteiger partial charge >= 0.3 is 0 Å². The van der Waals surface area contributed by atoms with E-state index in [0.717, 1.165) is 6.07 Å². The maximum Gasteiger partial charge on any atom is 0.156 e. The van der Waals surface area contributed by atoms with Gasteiger partial charge in [-0.05, 0) is 31.0 Å². The van der Waals surface area contributed by atoms with Crippen molar-refractivity contribution in [3.8, 4) is 0 Å². The predicted octanol–water partition coefficient (Wildman–Crippen LogP) is 3.18. The van der Waals surface area contributed by atoms with Crippen LogP contribution in [0, 0.1) is 18.6 Å². The van der Waals surface area contributed by atoms with E-state index in [9.17, 15) is 13.6 Å². The standard InChI is InChI=1S/C14H12ClF2N3O/c1-8-19-13(15)12(7-21)14(20-8)18-3-2-9-4-10(16)6-11(17)5-9/h4-7H,2-3H2,1H3,(H,18,19,20). The zero-order chi connectivity index (χ0) is 15.4. The van der Waals surface area contributed by atoms with Crippen molar-refractivity contribution < 1.29 is 13.6 Å². The van der Waals surface area contributed by atoms with E-state index >= 15 is 0 Å². The zero-order valence-electron chi connectivity index (χ0n) is 11.2. The second kappa shape index (κ2) is 6.58. The summed E-state index contributed by atoms with van der Waals surface area (Å²) in [4.78, 5) is 18.9. The van der Waals surface area contributed by atoms with Crippen LogP contribution >= 0.6 is 11.6 Å². The van der Waals surface area contributed by atoms with E-state index < -0.39 is 11.6 Å². The Morgan fingerprint density at radius 1 is 1.24 bits per heavy atom. The fourth-order valence-electron chi connectivity index (χ4n) is 1.87. The lowest BCUT2D eigenvalue weighted by Crippen LogP contribution is -2.10. The minimum Gasteiger partial charge on any atom is -0.369 e. The molecule has 110 valence electrons. The van der Waals surface area contributed by atoms with Gasteiger partial charge in [0.1, 0.15) is 28.4 Å². The molecule has 0 aliphatic rings. The van der Waals surface area contributed by atoms with Gasteiger partial charge in [-0.15, -0.1) is 0 Å². The highest BCUT2D eigenvalue weighted by Gasteiger charge is 2.10. The van der Waals surface area contributed by atoms with Crippen LogP contribution in [-0.4, -0.2) is 22.8 Å². The highest BCUT2D eigenvalue weighted by atomic mass is 35.5. The number of nitrogens with one attached hydrogen (secondary N) is 1. The highest BCUT2D eigenvalue weighted by Crippen LogP contribution is 2.19. The third kappa shape index (κ3) is 3.95. The summed E-state index contributed by atoms with van der Waals surface area (Å²) < 4.78 is 26.1. The molecule has 0 fully saturated rings. The van der Waals surface area contributed by atoms with Gasteiger partial charge in [-0.25, -0.2) is 18.7 Å². The summed E-state index contributed by atoms with van der Waals surface area (Å²) in [5.74, 6) is -0.525. The molecule has 0 spiro atoms. The monoisotopic (exact) mass is 311 g/mol. The van der Waals surface area contributed by atoms with Crippen LogP contribution in [0.25, 0.3) is 0 Å². The first kappa shape index (κ1) is 15.3. The molecule has 0 aliphatic heterocycles.